The molecular weight excluding hydrogens is 244 g/mol. The van der Waals surface area contributed by atoms with E-state index in [9.17, 15) is 4.79 Å². The van der Waals surface area contributed by atoms with E-state index in [2.05, 4.69) is 30.6 Å². The summed E-state index contributed by atoms with van der Waals surface area (Å²) in [6, 6.07) is 0. The predicted molar refractivity (Wildman–Crippen MR) is 78.2 cm³/mol. The Kier molecular flexibility index (Phi) is 12.7. The number of hydrogen-bond acceptors (Lipinski definition) is 3. The summed E-state index contributed by atoms with van der Waals surface area (Å²) < 4.78 is 4.72. The first-order chi connectivity index (χ1) is 8.81. The first-order valence-electron chi connectivity index (χ1n) is 6.16. The van der Waals surface area contributed by atoms with Crippen molar-refractivity contribution in [3.8, 4) is 23.7 Å². The van der Waals surface area contributed by atoms with E-state index >= 15 is 0 Å². The molecule has 0 spiro atoms. The van der Waals surface area contributed by atoms with Gasteiger partial charge in [0.05, 0.1) is 18.1 Å². The second-order valence-electron chi connectivity index (χ2n) is 3.36. The Morgan fingerprint density at radius 3 is 2.72 bits per heavy atom. The molecule has 0 heterocycles. The third kappa shape index (κ3) is 12.7. The van der Waals surface area contributed by atoms with Gasteiger partial charge in [0.25, 0.3) is 0 Å². The zero-order valence-electron chi connectivity index (χ0n) is 11.1. The monoisotopic (exact) mass is 264 g/mol. The summed E-state index contributed by atoms with van der Waals surface area (Å²) in [5.41, 5.74) is 0. The van der Waals surface area contributed by atoms with Crippen LogP contribution in [0.5, 0.6) is 0 Å². The quantitative estimate of drug-likeness (QED) is 0.319. The van der Waals surface area contributed by atoms with E-state index in [-0.39, 0.29) is 5.97 Å². The molecule has 0 bridgehead atoms. The smallest absolute Gasteiger partial charge is 0.331 e. The number of esters is 1. The van der Waals surface area contributed by atoms with E-state index in [1.54, 1.807) is 18.7 Å². The zero-order valence-corrected chi connectivity index (χ0v) is 11.9. The number of carbonyl (C=O) groups is 1. The minimum absolute atomic E-state index is 0.346. The van der Waals surface area contributed by atoms with Crippen LogP contribution in [0, 0.1) is 23.7 Å². The van der Waals surface area contributed by atoms with Gasteiger partial charge in [-0.3, -0.25) is 0 Å². The van der Waals surface area contributed by atoms with Crippen molar-refractivity contribution in [3.63, 3.8) is 0 Å². The lowest BCUT2D eigenvalue weighted by atomic mass is 10.3. The van der Waals surface area contributed by atoms with E-state index in [4.69, 9.17) is 4.74 Å². The zero-order chi connectivity index (χ0) is 13.5. The summed E-state index contributed by atoms with van der Waals surface area (Å²) in [6.07, 6.45) is 6.22. The molecule has 0 fully saturated rings. The third-order valence-electron chi connectivity index (χ3n) is 1.82. The van der Waals surface area contributed by atoms with Crippen molar-refractivity contribution in [3.05, 3.63) is 12.2 Å². The minimum atomic E-state index is -0.346. The van der Waals surface area contributed by atoms with E-state index in [0.29, 0.717) is 6.61 Å². The maximum absolute atomic E-state index is 10.9. The SMILES string of the molecule is CCCCC#CCSCC#C/C=C/C(=O)OCC. The van der Waals surface area contributed by atoms with Gasteiger partial charge in [-0.05, 0) is 19.4 Å². The van der Waals surface area contributed by atoms with Crippen LogP contribution in [0.1, 0.15) is 33.1 Å². The predicted octanol–water partition coefficient (Wildman–Crippen LogP) is 3.04. The van der Waals surface area contributed by atoms with Crippen LogP contribution >= 0.6 is 11.8 Å². The van der Waals surface area contributed by atoms with E-state index < -0.39 is 0 Å². The lowest BCUT2D eigenvalue weighted by Crippen LogP contribution is -1.98. The van der Waals surface area contributed by atoms with Crippen LogP contribution in [0.15, 0.2) is 12.2 Å². The highest BCUT2D eigenvalue weighted by molar-refractivity contribution is 7.99. The average Bonchev–Trinajstić information content (AvgIpc) is 2.36. The van der Waals surface area contributed by atoms with Gasteiger partial charge in [-0.2, -0.15) is 0 Å². The van der Waals surface area contributed by atoms with Crippen LogP contribution in [-0.2, 0) is 9.53 Å². The topological polar surface area (TPSA) is 26.3 Å². The fourth-order valence-electron chi connectivity index (χ4n) is 0.958. The number of thioether (sulfide) groups is 1. The van der Waals surface area contributed by atoms with Gasteiger partial charge >= 0.3 is 5.97 Å². The van der Waals surface area contributed by atoms with Crippen LogP contribution in [0.4, 0.5) is 0 Å². The number of allylic oxidation sites excluding steroid dienone is 1. The van der Waals surface area contributed by atoms with Crippen molar-refractivity contribution in [2.75, 3.05) is 18.1 Å². The third-order valence-corrected chi connectivity index (χ3v) is 2.52. The lowest BCUT2D eigenvalue weighted by molar-refractivity contribution is -0.137. The maximum Gasteiger partial charge on any atom is 0.331 e. The molecular formula is C15H20O2S. The van der Waals surface area contributed by atoms with Gasteiger partial charge in [0.15, 0.2) is 0 Å². The fourth-order valence-corrected chi connectivity index (χ4v) is 1.45. The highest BCUT2D eigenvalue weighted by Crippen LogP contribution is 1.96. The largest absolute Gasteiger partial charge is 0.463 e. The van der Waals surface area contributed by atoms with Gasteiger partial charge < -0.3 is 4.74 Å². The van der Waals surface area contributed by atoms with Gasteiger partial charge in [-0.25, -0.2) is 4.79 Å². The Labute approximate surface area is 115 Å². The molecule has 0 N–H and O–H groups in total. The molecule has 0 aromatic heterocycles. The Hall–Kier alpha value is -1.32. The Morgan fingerprint density at radius 1 is 1.22 bits per heavy atom. The molecule has 98 valence electrons. The van der Waals surface area contributed by atoms with Crippen molar-refractivity contribution in [1.29, 1.82) is 0 Å². The molecule has 0 amide bonds. The molecule has 0 saturated carbocycles. The summed E-state index contributed by atoms with van der Waals surface area (Å²) in [5, 5.41) is 0. The van der Waals surface area contributed by atoms with Gasteiger partial charge in [0.1, 0.15) is 0 Å². The average molecular weight is 264 g/mol. The van der Waals surface area contributed by atoms with Crippen molar-refractivity contribution in [2.24, 2.45) is 0 Å². The van der Waals surface area contributed by atoms with Crippen LogP contribution < -0.4 is 0 Å². The molecule has 18 heavy (non-hydrogen) atoms. The Balaban J connectivity index is 3.54. The maximum atomic E-state index is 10.9. The normalized spacial score (nSPS) is 9.22. The molecule has 2 nitrogen and oxygen atoms in total. The molecule has 0 radical (unpaired) electrons. The number of hydrogen-bond donors (Lipinski definition) is 0. The van der Waals surface area contributed by atoms with Crippen molar-refractivity contribution >= 4 is 17.7 Å². The van der Waals surface area contributed by atoms with Gasteiger partial charge in [-0.15, -0.1) is 17.7 Å². The summed E-state index contributed by atoms with van der Waals surface area (Å²) in [5.74, 6) is 13.1. The van der Waals surface area contributed by atoms with E-state index in [0.717, 1.165) is 17.9 Å². The Bertz CT molecular complexity index is 363. The molecule has 0 saturated heterocycles. The van der Waals surface area contributed by atoms with Gasteiger partial charge in [-0.1, -0.05) is 31.1 Å². The molecule has 0 aliphatic carbocycles. The van der Waals surface area contributed by atoms with Crippen LogP contribution in [-0.4, -0.2) is 24.1 Å². The summed E-state index contributed by atoms with van der Waals surface area (Å²) in [4.78, 5) is 10.9. The van der Waals surface area contributed by atoms with Crippen LogP contribution in [0.25, 0.3) is 0 Å². The molecule has 0 aliphatic heterocycles. The fraction of sp³-hybridized carbons (Fsp3) is 0.533. The van der Waals surface area contributed by atoms with Crippen molar-refractivity contribution < 1.29 is 9.53 Å². The molecule has 0 rings (SSSR count). The van der Waals surface area contributed by atoms with Crippen LogP contribution in [0.3, 0.4) is 0 Å². The number of rotatable bonds is 6. The number of carbonyl (C=O) groups excluding carboxylic acids is 1. The molecule has 0 atom stereocenters. The molecule has 3 heteroatoms. The molecule has 0 aromatic rings. The summed E-state index contributed by atoms with van der Waals surface area (Å²) in [7, 11) is 0. The van der Waals surface area contributed by atoms with Gasteiger partial charge in [0, 0.05) is 12.5 Å². The first kappa shape index (κ1) is 16.7. The molecule has 0 aromatic carbocycles. The summed E-state index contributed by atoms with van der Waals surface area (Å²) in [6.45, 7) is 4.33. The number of unbranched alkanes of at least 4 members (excludes halogenated alkanes) is 2. The Morgan fingerprint density at radius 2 is 2.00 bits per heavy atom. The molecule has 0 unspecified atom stereocenters. The standard InChI is InChI=1S/C15H20O2S/c1-3-5-6-7-10-13-18-14-11-8-9-12-15(16)17-4-2/h9,12H,3-6,13-14H2,1-2H3/b12-9+. The first-order valence-corrected chi connectivity index (χ1v) is 7.31. The molecule has 0 aliphatic rings. The van der Waals surface area contributed by atoms with E-state index in [1.165, 1.54) is 25.0 Å². The van der Waals surface area contributed by atoms with Gasteiger partial charge in [0.2, 0.25) is 0 Å². The number of ether oxygens (including phenoxy) is 1. The second kappa shape index (κ2) is 13.7. The second-order valence-corrected chi connectivity index (χ2v) is 4.34. The lowest BCUT2D eigenvalue weighted by Gasteiger charge is -1.91. The minimum Gasteiger partial charge on any atom is -0.463 e. The highest BCUT2D eigenvalue weighted by atomic mass is 32.2. The van der Waals surface area contributed by atoms with E-state index in [1.807, 2.05) is 0 Å². The van der Waals surface area contributed by atoms with Crippen LogP contribution in [0.2, 0.25) is 0 Å². The van der Waals surface area contributed by atoms with Crippen molar-refractivity contribution in [2.45, 2.75) is 33.1 Å². The van der Waals surface area contributed by atoms with Crippen molar-refractivity contribution in [1.82, 2.24) is 0 Å². The summed E-state index contributed by atoms with van der Waals surface area (Å²) >= 11 is 1.68. The highest BCUT2D eigenvalue weighted by Gasteiger charge is 1.89.